The third kappa shape index (κ3) is 2.66. The van der Waals surface area contributed by atoms with Gasteiger partial charge in [0.25, 0.3) is 5.91 Å². The van der Waals surface area contributed by atoms with E-state index in [0.717, 1.165) is 0 Å². The highest BCUT2D eigenvalue weighted by molar-refractivity contribution is 6.07. The number of methoxy groups -OCH3 is 1. The first-order chi connectivity index (χ1) is 9.52. The van der Waals surface area contributed by atoms with Crippen LogP contribution in [0.15, 0.2) is 42.5 Å². The number of rotatable bonds is 3. The van der Waals surface area contributed by atoms with Crippen molar-refractivity contribution in [3.63, 3.8) is 0 Å². The largest absolute Gasteiger partial charge is 0.507 e. The van der Waals surface area contributed by atoms with Crippen molar-refractivity contribution in [3.05, 3.63) is 48.0 Å². The molecule has 20 heavy (non-hydrogen) atoms. The first-order valence-electron chi connectivity index (χ1n) is 6.03. The minimum absolute atomic E-state index is 0.0912. The Morgan fingerprint density at radius 3 is 2.65 bits per heavy atom. The van der Waals surface area contributed by atoms with Crippen LogP contribution in [0.25, 0.3) is 0 Å². The molecule has 104 valence electrons. The van der Waals surface area contributed by atoms with Gasteiger partial charge in [-0.05, 0) is 36.4 Å². The van der Waals surface area contributed by atoms with Crippen LogP contribution >= 0.6 is 0 Å². The van der Waals surface area contributed by atoms with Gasteiger partial charge in [-0.25, -0.2) is 0 Å². The maximum atomic E-state index is 12.4. The molecule has 0 saturated carbocycles. The van der Waals surface area contributed by atoms with Crippen molar-refractivity contribution in [2.45, 2.75) is 0 Å². The van der Waals surface area contributed by atoms with E-state index in [1.54, 1.807) is 37.4 Å². The Balaban J connectivity index is 2.36. The molecule has 0 aliphatic carbocycles. The van der Waals surface area contributed by atoms with Gasteiger partial charge in [-0.1, -0.05) is 6.07 Å². The standard InChI is InChI=1S/C15H16N2O3/c1-17(11-5-3-4-10(16)8-11)15(19)13-9-12(20-2)6-7-14(13)18/h3-9,18H,16H2,1-2H3. The molecule has 0 aliphatic heterocycles. The summed E-state index contributed by atoms with van der Waals surface area (Å²) in [4.78, 5) is 13.8. The number of carbonyl (C=O) groups excluding carboxylic acids is 1. The summed E-state index contributed by atoms with van der Waals surface area (Å²) in [6.07, 6.45) is 0. The van der Waals surface area contributed by atoms with Crippen LogP contribution in [0, 0.1) is 0 Å². The maximum Gasteiger partial charge on any atom is 0.261 e. The highest BCUT2D eigenvalue weighted by Gasteiger charge is 2.18. The molecule has 0 radical (unpaired) electrons. The van der Waals surface area contributed by atoms with E-state index in [1.165, 1.54) is 24.1 Å². The summed E-state index contributed by atoms with van der Waals surface area (Å²) in [5.41, 5.74) is 7.10. The van der Waals surface area contributed by atoms with Crippen molar-refractivity contribution in [2.75, 3.05) is 24.8 Å². The van der Waals surface area contributed by atoms with E-state index in [9.17, 15) is 9.90 Å². The molecule has 0 saturated heterocycles. The van der Waals surface area contributed by atoms with Gasteiger partial charge in [-0.2, -0.15) is 0 Å². The van der Waals surface area contributed by atoms with Crippen LogP contribution in [-0.2, 0) is 0 Å². The molecule has 5 nitrogen and oxygen atoms in total. The SMILES string of the molecule is COc1ccc(O)c(C(=O)N(C)c2cccc(N)c2)c1. The molecule has 0 spiro atoms. The molecular weight excluding hydrogens is 256 g/mol. The minimum atomic E-state index is -0.341. The number of carbonyl (C=O) groups is 1. The van der Waals surface area contributed by atoms with Crippen LogP contribution in [0.4, 0.5) is 11.4 Å². The van der Waals surface area contributed by atoms with E-state index in [4.69, 9.17) is 10.5 Å². The number of nitrogen functional groups attached to an aromatic ring is 1. The lowest BCUT2D eigenvalue weighted by Gasteiger charge is -2.18. The van der Waals surface area contributed by atoms with Crippen molar-refractivity contribution in [3.8, 4) is 11.5 Å². The molecule has 2 aromatic carbocycles. The van der Waals surface area contributed by atoms with Crippen LogP contribution in [0.3, 0.4) is 0 Å². The molecule has 1 amide bonds. The zero-order chi connectivity index (χ0) is 14.7. The summed E-state index contributed by atoms with van der Waals surface area (Å²) in [6, 6.07) is 11.5. The van der Waals surface area contributed by atoms with E-state index >= 15 is 0 Å². The Bertz CT molecular complexity index is 641. The second-order valence-electron chi connectivity index (χ2n) is 4.34. The summed E-state index contributed by atoms with van der Waals surface area (Å²) >= 11 is 0. The van der Waals surface area contributed by atoms with Crippen LogP contribution < -0.4 is 15.4 Å². The third-order valence-electron chi connectivity index (χ3n) is 3.00. The number of ether oxygens (including phenoxy) is 1. The highest BCUT2D eigenvalue weighted by atomic mass is 16.5. The van der Waals surface area contributed by atoms with Crippen LogP contribution in [0.5, 0.6) is 11.5 Å². The lowest BCUT2D eigenvalue weighted by Crippen LogP contribution is -2.26. The Labute approximate surface area is 117 Å². The van der Waals surface area contributed by atoms with Crippen molar-refractivity contribution in [1.82, 2.24) is 0 Å². The fourth-order valence-electron chi connectivity index (χ4n) is 1.84. The molecule has 0 fully saturated rings. The van der Waals surface area contributed by atoms with Gasteiger partial charge in [-0.3, -0.25) is 4.79 Å². The predicted molar refractivity (Wildman–Crippen MR) is 78.2 cm³/mol. The molecule has 2 aromatic rings. The van der Waals surface area contributed by atoms with Crippen molar-refractivity contribution >= 4 is 17.3 Å². The third-order valence-corrected chi connectivity index (χ3v) is 3.00. The van der Waals surface area contributed by atoms with E-state index in [0.29, 0.717) is 17.1 Å². The van der Waals surface area contributed by atoms with Gasteiger partial charge in [0.1, 0.15) is 11.5 Å². The van der Waals surface area contributed by atoms with Crippen LogP contribution in [0.2, 0.25) is 0 Å². The minimum Gasteiger partial charge on any atom is -0.507 e. The quantitative estimate of drug-likeness (QED) is 0.840. The number of nitrogens with two attached hydrogens (primary N) is 1. The topological polar surface area (TPSA) is 75.8 Å². The van der Waals surface area contributed by atoms with E-state index in [-0.39, 0.29) is 17.2 Å². The van der Waals surface area contributed by atoms with Crippen molar-refractivity contribution in [2.24, 2.45) is 0 Å². The molecule has 0 bridgehead atoms. The van der Waals surface area contributed by atoms with Gasteiger partial charge in [0.2, 0.25) is 0 Å². The highest BCUT2D eigenvalue weighted by Crippen LogP contribution is 2.26. The lowest BCUT2D eigenvalue weighted by molar-refractivity contribution is 0.0990. The molecule has 5 heteroatoms. The molecule has 3 N–H and O–H groups in total. The van der Waals surface area contributed by atoms with Gasteiger partial charge in [0, 0.05) is 18.4 Å². The van der Waals surface area contributed by atoms with Gasteiger partial charge in [0.15, 0.2) is 0 Å². The smallest absolute Gasteiger partial charge is 0.261 e. The summed E-state index contributed by atoms with van der Waals surface area (Å²) in [5.74, 6) is 0.0747. The van der Waals surface area contributed by atoms with E-state index < -0.39 is 0 Å². The van der Waals surface area contributed by atoms with Crippen molar-refractivity contribution in [1.29, 1.82) is 0 Å². The summed E-state index contributed by atoms with van der Waals surface area (Å²) in [6.45, 7) is 0. The number of anilines is 2. The first-order valence-corrected chi connectivity index (χ1v) is 6.03. The molecule has 2 rings (SSSR count). The zero-order valence-corrected chi connectivity index (χ0v) is 11.3. The van der Waals surface area contributed by atoms with Gasteiger partial charge < -0.3 is 20.5 Å². The Morgan fingerprint density at radius 1 is 1.25 bits per heavy atom. The van der Waals surface area contributed by atoms with Gasteiger partial charge >= 0.3 is 0 Å². The molecule has 0 aliphatic rings. The zero-order valence-electron chi connectivity index (χ0n) is 11.3. The van der Waals surface area contributed by atoms with Crippen LogP contribution in [0.1, 0.15) is 10.4 Å². The number of benzene rings is 2. The second-order valence-corrected chi connectivity index (χ2v) is 4.34. The Kier molecular flexibility index (Phi) is 3.79. The summed E-state index contributed by atoms with van der Waals surface area (Å²) in [5, 5.41) is 9.82. The van der Waals surface area contributed by atoms with Crippen molar-refractivity contribution < 1.29 is 14.6 Å². The molecule has 0 atom stereocenters. The lowest BCUT2D eigenvalue weighted by atomic mass is 10.1. The summed E-state index contributed by atoms with van der Waals surface area (Å²) < 4.78 is 5.06. The fourth-order valence-corrected chi connectivity index (χ4v) is 1.84. The monoisotopic (exact) mass is 272 g/mol. The number of phenols is 1. The van der Waals surface area contributed by atoms with Crippen LogP contribution in [-0.4, -0.2) is 25.2 Å². The van der Waals surface area contributed by atoms with Gasteiger partial charge in [-0.15, -0.1) is 0 Å². The molecular formula is C15H16N2O3. The average Bonchev–Trinajstić information content (AvgIpc) is 2.46. The Hall–Kier alpha value is -2.69. The van der Waals surface area contributed by atoms with Gasteiger partial charge in [0.05, 0.1) is 12.7 Å². The maximum absolute atomic E-state index is 12.4. The Morgan fingerprint density at radius 2 is 2.00 bits per heavy atom. The van der Waals surface area contributed by atoms with E-state index in [2.05, 4.69) is 0 Å². The fraction of sp³-hybridized carbons (Fsp3) is 0.133. The first kappa shape index (κ1) is 13.7. The molecule has 0 unspecified atom stereocenters. The number of amides is 1. The second kappa shape index (κ2) is 5.52. The van der Waals surface area contributed by atoms with E-state index in [1.807, 2.05) is 0 Å². The number of hydrogen-bond acceptors (Lipinski definition) is 4. The molecule has 0 heterocycles. The normalized spacial score (nSPS) is 10.1. The predicted octanol–water partition coefficient (Wildman–Crippen LogP) is 2.26. The molecule has 0 aromatic heterocycles. The number of aromatic hydroxyl groups is 1. The number of hydrogen-bond donors (Lipinski definition) is 2. The average molecular weight is 272 g/mol. The number of nitrogens with zero attached hydrogens (tertiary/aromatic N) is 1. The number of phenolic OH excluding ortho intramolecular Hbond substituents is 1. The summed E-state index contributed by atoms with van der Waals surface area (Å²) in [7, 11) is 3.12.